The molecule has 1 aliphatic heterocycles. The number of ether oxygens (including phenoxy) is 2. The van der Waals surface area contributed by atoms with Crippen molar-refractivity contribution in [3.05, 3.63) is 29.8 Å². The summed E-state index contributed by atoms with van der Waals surface area (Å²) >= 11 is 0. The zero-order chi connectivity index (χ0) is 15.2. The van der Waals surface area contributed by atoms with E-state index >= 15 is 0 Å². The van der Waals surface area contributed by atoms with Gasteiger partial charge >= 0.3 is 0 Å². The van der Waals surface area contributed by atoms with Crippen LogP contribution in [0, 0.1) is 0 Å². The van der Waals surface area contributed by atoms with Crippen LogP contribution in [0.15, 0.2) is 24.3 Å². The van der Waals surface area contributed by atoms with Gasteiger partial charge in [-0.2, -0.15) is 0 Å². The van der Waals surface area contributed by atoms with Gasteiger partial charge in [-0.1, -0.05) is 18.2 Å². The molecule has 5 nitrogen and oxygen atoms in total. The summed E-state index contributed by atoms with van der Waals surface area (Å²) in [7, 11) is 0. The van der Waals surface area contributed by atoms with Crippen LogP contribution < -0.4 is 10.5 Å². The van der Waals surface area contributed by atoms with Crippen LogP contribution in [0.3, 0.4) is 0 Å². The Morgan fingerprint density at radius 3 is 2.95 bits per heavy atom. The average Bonchev–Trinajstić information content (AvgIpc) is 2.49. The van der Waals surface area contributed by atoms with Crippen LogP contribution in [-0.4, -0.2) is 54.6 Å². The maximum absolute atomic E-state index is 10.2. The Labute approximate surface area is 126 Å². The minimum absolute atomic E-state index is 0.215. The Bertz CT molecular complexity index is 441. The molecule has 0 radical (unpaired) electrons. The summed E-state index contributed by atoms with van der Waals surface area (Å²) in [4.78, 5) is 2.25. The molecule has 1 aromatic carbocycles. The minimum Gasteiger partial charge on any atom is -0.491 e. The Kier molecular flexibility index (Phi) is 5.99. The molecule has 1 saturated heterocycles. The van der Waals surface area contributed by atoms with Gasteiger partial charge in [0, 0.05) is 31.2 Å². The van der Waals surface area contributed by atoms with Gasteiger partial charge in [-0.05, 0) is 19.9 Å². The van der Waals surface area contributed by atoms with Crippen molar-refractivity contribution in [3.63, 3.8) is 0 Å². The van der Waals surface area contributed by atoms with Gasteiger partial charge in [0.1, 0.15) is 18.5 Å². The zero-order valence-electron chi connectivity index (χ0n) is 12.9. The normalized spacial score (nSPS) is 24.8. The van der Waals surface area contributed by atoms with Crippen molar-refractivity contribution >= 4 is 0 Å². The second kappa shape index (κ2) is 7.75. The van der Waals surface area contributed by atoms with Gasteiger partial charge in [0.05, 0.1) is 12.7 Å². The van der Waals surface area contributed by atoms with Crippen LogP contribution in [0.5, 0.6) is 5.75 Å². The molecular weight excluding hydrogens is 268 g/mol. The van der Waals surface area contributed by atoms with Gasteiger partial charge in [-0.3, -0.25) is 4.90 Å². The number of nitrogens with two attached hydrogens (primary N) is 1. The molecule has 5 heteroatoms. The fourth-order valence-electron chi connectivity index (χ4n) is 2.55. The van der Waals surface area contributed by atoms with Gasteiger partial charge in [0.25, 0.3) is 0 Å². The highest BCUT2D eigenvalue weighted by Crippen LogP contribution is 2.18. The lowest BCUT2D eigenvalue weighted by atomic mass is 10.2. The first-order valence-corrected chi connectivity index (χ1v) is 7.54. The van der Waals surface area contributed by atoms with E-state index in [4.69, 9.17) is 15.2 Å². The third-order valence-corrected chi connectivity index (χ3v) is 3.81. The number of nitrogens with zero attached hydrogens (tertiary/aromatic N) is 1. The summed E-state index contributed by atoms with van der Waals surface area (Å²) in [5, 5.41) is 10.2. The summed E-state index contributed by atoms with van der Waals surface area (Å²) in [5.74, 6) is 0.752. The first-order valence-electron chi connectivity index (χ1n) is 7.54. The van der Waals surface area contributed by atoms with Crippen molar-refractivity contribution in [2.75, 3.05) is 26.3 Å². The van der Waals surface area contributed by atoms with Crippen LogP contribution in [0.1, 0.15) is 19.4 Å². The first kappa shape index (κ1) is 16.2. The van der Waals surface area contributed by atoms with Gasteiger partial charge in [0.15, 0.2) is 0 Å². The fourth-order valence-corrected chi connectivity index (χ4v) is 2.55. The third kappa shape index (κ3) is 4.68. The molecule has 0 aliphatic carbocycles. The molecule has 0 aromatic heterocycles. The minimum atomic E-state index is -0.524. The van der Waals surface area contributed by atoms with Gasteiger partial charge in [-0.25, -0.2) is 0 Å². The van der Waals surface area contributed by atoms with Crippen molar-refractivity contribution < 1.29 is 14.6 Å². The standard InChI is InChI=1S/C16H26N2O3/c1-12-10-20-13(2)8-18(12)9-15(19)11-21-16-6-4-3-5-14(16)7-17/h3-6,12-13,15,19H,7-11,17H2,1-2H3. The Morgan fingerprint density at radius 1 is 1.43 bits per heavy atom. The molecule has 21 heavy (non-hydrogen) atoms. The second-order valence-electron chi connectivity index (χ2n) is 5.72. The van der Waals surface area contributed by atoms with Crippen LogP contribution in [-0.2, 0) is 11.3 Å². The molecule has 1 aromatic rings. The van der Waals surface area contributed by atoms with Crippen molar-refractivity contribution in [2.24, 2.45) is 5.73 Å². The van der Waals surface area contributed by atoms with Gasteiger partial charge in [0.2, 0.25) is 0 Å². The van der Waals surface area contributed by atoms with Crippen LogP contribution in [0.4, 0.5) is 0 Å². The topological polar surface area (TPSA) is 68.0 Å². The highest BCUT2D eigenvalue weighted by Gasteiger charge is 2.25. The molecular formula is C16H26N2O3. The van der Waals surface area contributed by atoms with Crippen molar-refractivity contribution in [1.29, 1.82) is 0 Å². The molecule has 0 amide bonds. The lowest BCUT2D eigenvalue weighted by Gasteiger charge is -2.37. The summed E-state index contributed by atoms with van der Waals surface area (Å²) in [6, 6.07) is 7.99. The average molecular weight is 294 g/mol. The molecule has 1 aliphatic rings. The van der Waals surface area contributed by atoms with Crippen LogP contribution >= 0.6 is 0 Å². The monoisotopic (exact) mass is 294 g/mol. The number of aliphatic hydroxyl groups is 1. The maximum Gasteiger partial charge on any atom is 0.123 e. The number of hydrogen-bond acceptors (Lipinski definition) is 5. The summed E-state index contributed by atoms with van der Waals surface area (Å²) in [6.45, 7) is 7.03. The summed E-state index contributed by atoms with van der Waals surface area (Å²) < 4.78 is 11.3. The molecule has 2 rings (SSSR count). The van der Waals surface area contributed by atoms with Crippen LogP contribution in [0.2, 0.25) is 0 Å². The number of aliphatic hydroxyl groups excluding tert-OH is 1. The molecule has 0 spiro atoms. The number of benzene rings is 1. The predicted octanol–water partition coefficient (Wildman–Crippen LogP) is 0.994. The third-order valence-electron chi connectivity index (χ3n) is 3.81. The van der Waals surface area contributed by atoms with E-state index in [0.717, 1.165) is 17.9 Å². The van der Waals surface area contributed by atoms with Crippen LogP contribution in [0.25, 0.3) is 0 Å². The Hall–Kier alpha value is -1.14. The Morgan fingerprint density at radius 2 is 2.19 bits per heavy atom. The van der Waals surface area contributed by atoms with Gasteiger partial charge < -0.3 is 20.3 Å². The quantitative estimate of drug-likeness (QED) is 0.819. The second-order valence-corrected chi connectivity index (χ2v) is 5.72. The van der Waals surface area contributed by atoms with E-state index in [2.05, 4.69) is 18.7 Å². The molecule has 3 N–H and O–H groups in total. The molecule has 0 saturated carbocycles. The van der Waals surface area contributed by atoms with E-state index in [1.807, 2.05) is 24.3 Å². The SMILES string of the molecule is CC1CN(CC(O)COc2ccccc2CN)C(C)CO1. The molecule has 118 valence electrons. The summed E-state index contributed by atoms with van der Waals surface area (Å²) in [6.07, 6.45) is -0.309. The number of morpholine rings is 1. The van der Waals surface area contributed by atoms with E-state index in [1.165, 1.54) is 0 Å². The van der Waals surface area contributed by atoms with E-state index in [-0.39, 0.29) is 12.7 Å². The fraction of sp³-hybridized carbons (Fsp3) is 0.625. The van der Waals surface area contributed by atoms with Gasteiger partial charge in [-0.15, -0.1) is 0 Å². The predicted molar refractivity (Wildman–Crippen MR) is 82.3 cm³/mol. The molecule has 0 bridgehead atoms. The largest absolute Gasteiger partial charge is 0.491 e. The highest BCUT2D eigenvalue weighted by atomic mass is 16.5. The summed E-state index contributed by atoms with van der Waals surface area (Å²) in [5.41, 5.74) is 6.63. The zero-order valence-corrected chi connectivity index (χ0v) is 12.9. The first-order chi connectivity index (χ1) is 10.1. The smallest absolute Gasteiger partial charge is 0.123 e. The molecule has 1 heterocycles. The molecule has 3 unspecified atom stereocenters. The lowest BCUT2D eigenvalue weighted by Crippen LogP contribution is -2.50. The molecule has 1 fully saturated rings. The highest BCUT2D eigenvalue weighted by molar-refractivity contribution is 5.32. The number of rotatable bonds is 6. The van der Waals surface area contributed by atoms with E-state index in [9.17, 15) is 5.11 Å². The number of β-amino-alcohol motifs (C(OH)–C–C–N with tert-alkyl or cyclic N) is 1. The lowest BCUT2D eigenvalue weighted by molar-refractivity contribution is -0.0650. The van der Waals surface area contributed by atoms with Crippen molar-refractivity contribution in [3.8, 4) is 5.75 Å². The van der Waals surface area contributed by atoms with Crippen molar-refractivity contribution in [2.45, 2.75) is 38.6 Å². The van der Waals surface area contributed by atoms with E-state index < -0.39 is 6.10 Å². The van der Waals surface area contributed by atoms with Crippen molar-refractivity contribution in [1.82, 2.24) is 4.90 Å². The number of para-hydroxylation sites is 1. The van der Waals surface area contributed by atoms with E-state index in [1.54, 1.807) is 0 Å². The number of hydrogen-bond donors (Lipinski definition) is 2. The molecule has 3 atom stereocenters. The maximum atomic E-state index is 10.2. The Balaban J connectivity index is 1.83. The van der Waals surface area contributed by atoms with E-state index in [0.29, 0.717) is 25.7 Å².